The van der Waals surface area contributed by atoms with E-state index in [4.69, 9.17) is 0 Å². The van der Waals surface area contributed by atoms with E-state index in [1.165, 1.54) is 25.9 Å². The molecule has 1 saturated heterocycles. The third-order valence-electron chi connectivity index (χ3n) is 1.12. The van der Waals surface area contributed by atoms with Gasteiger partial charge in [0.05, 0.1) is 0 Å². The largest absolute Gasteiger partial charge is 0.317 e. The molecule has 1 heterocycles. The molecule has 1 radical (unpaired) electrons. The van der Waals surface area contributed by atoms with Gasteiger partial charge in [0.2, 0.25) is 0 Å². The first-order valence-corrected chi connectivity index (χ1v) is 3.36. The molecule has 1 aliphatic heterocycles. The van der Waals surface area contributed by atoms with E-state index < -0.39 is 0 Å². The number of rotatable bonds is 1. The van der Waals surface area contributed by atoms with Crippen LogP contribution in [0, 0.1) is 0 Å². The molecular weight excluding hydrogens is 117 g/mol. The summed E-state index contributed by atoms with van der Waals surface area (Å²) in [5.74, 6) is 0. The quantitative estimate of drug-likeness (QED) is 0.419. The van der Waals surface area contributed by atoms with Gasteiger partial charge in [-0.2, -0.15) is 0 Å². The standard InChI is InChI=1S/C4H9N.C4H6.Li/c1-2-4-5-3-1;1-3-4-2;/h5H,1-4H2;3-4H,1-2H2;. The Morgan fingerprint density at radius 3 is 1.50 bits per heavy atom. The Morgan fingerprint density at radius 1 is 1.00 bits per heavy atom. The van der Waals surface area contributed by atoms with E-state index >= 15 is 0 Å². The molecule has 1 nitrogen and oxygen atoms in total. The van der Waals surface area contributed by atoms with Crippen molar-refractivity contribution >= 4 is 18.9 Å². The first-order chi connectivity index (χ1) is 4.41. The van der Waals surface area contributed by atoms with Crippen molar-refractivity contribution in [1.82, 2.24) is 5.32 Å². The Morgan fingerprint density at radius 2 is 1.40 bits per heavy atom. The van der Waals surface area contributed by atoms with Gasteiger partial charge in [-0.05, 0) is 25.9 Å². The van der Waals surface area contributed by atoms with Crippen LogP contribution in [0.4, 0.5) is 0 Å². The van der Waals surface area contributed by atoms with Gasteiger partial charge in [0, 0.05) is 18.9 Å². The first kappa shape index (κ1) is 12.7. The van der Waals surface area contributed by atoms with Crippen molar-refractivity contribution in [2.45, 2.75) is 12.8 Å². The summed E-state index contributed by atoms with van der Waals surface area (Å²) >= 11 is 0. The number of nitrogens with one attached hydrogen (secondary N) is 1. The molecule has 1 N–H and O–H groups in total. The second kappa shape index (κ2) is 11.8. The zero-order valence-electron chi connectivity index (χ0n) is 6.90. The van der Waals surface area contributed by atoms with E-state index in [0.29, 0.717) is 0 Å². The van der Waals surface area contributed by atoms with Crippen molar-refractivity contribution < 1.29 is 0 Å². The van der Waals surface area contributed by atoms with Gasteiger partial charge in [-0.1, -0.05) is 25.3 Å². The third kappa shape index (κ3) is 10.9. The van der Waals surface area contributed by atoms with E-state index in [9.17, 15) is 0 Å². The summed E-state index contributed by atoms with van der Waals surface area (Å²) in [5, 5.41) is 3.22. The maximum absolute atomic E-state index is 3.36. The Bertz CT molecular complexity index is 63.7. The van der Waals surface area contributed by atoms with Gasteiger partial charge in [-0.25, -0.2) is 0 Å². The van der Waals surface area contributed by atoms with Gasteiger partial charge >= 0.3 is 0 Å². The summed E-state index contributed by atoms with van der Waals surface area (Å²) in [4.78, 5) is 0. The monoisotopic (exact) mass is 132 g/mol. The van der Waals surface area contributed by atoms with Crippen LogP contribution in [0.25, 0.3) is 0 Å². The minimum absolute atomic E-state index is 0. The zero-order valence-corrected chi connectivity index (χ0v) is 6.90. The van der Waals surface area contributed by atoms with Gasteiger partial charge in [-0.15, -0.1) is 0 Å². The van der Waals surface area contributed by atoms with Crippen LogP contribution in [0.2, 0.25) is 0 Å². The molecule has 0 bridgehead atoms. The average Bonchev–Trinajstić information content (AvgIpc) is 2.43. The molecule has 0 aliphatic carbocycles. The summed E-state index contributed by atoms with van der Waals surface area (Å²) in [6.07, 6.45) is 6.06. The first-order valence-electron chi connectivity index (χ1n) is 3.36. The predicted octanol–water partition coefficient (Wildman–Crippen LogP) is 1.35. The molecule has 0 spiro atoms. The van der Waals surface area contributed by atoms with E-state index in [0.717, 1.165) is 0 Å². The summed E-state index contributed by atoms with van der Waals surface area (Å²) in [5.41, 5.74) is 0. The van der Waals surface area contributed by atoms with Crippen LogP contribution in [-0.4, -0.2) is 32.0 Å². The summed E-state index contributed by atoms with van der Waals surface area (Å²) in [6, 6.07) is 0. The van der Waals surface area contributed by atoms with Crippen LogP contribution >= 0.6 is 0 Å². The van der Waals surface area contributed by atoms with Crippen LogP contribution in [0.15, 0.2) is 25.3 Å². The van der Waals surface area contributed by atoms with Crippen molar-refractivity contribution in [1.29, 1.82) is 0 Å². The van der Waals surface area contributed by atoms with Crippen molar-refractivity contribution in [2.24, 2.45) is 0 Å². The number of hydrogen-bond acceptors (Lipinski definition) is 1. The minimum Gasteiger partial charge on any atom is -0.317 e. The van der Waals surface area contributed by atoms with E-state index in [-0.39, 0.29) is 18.9 Å². The molecule has 53 valence electrons. The fraction of sp³-hybridized carbons (Fsp3) is 0.500. The molecule has 1 rings (SSSR count). The van der Waals surface area contributed by atoms with Gasteiger partial charge in [0.15, 0.2) is 0 Å². The van der Waals surface area contributed by atoms with Crippen LogP contribution in [0.5, 0.6) is 0 Å². The van der Waals surface area contributed by atoms with Gasteiger partial charge < -0.3 is 5.32 Å². The fourth-order valence-corrected chi connectivity index (χ4v) is 0.625. The van der Waals surface area contributed by atoms with Crippen molar-refractivity contribution in [3.8, 4) is 0 Å². The summed E-state index contributed by atoms with van der Waals surface area (Å²) in [6.45, 7) is 9.22. The molecule has 2 heteroatoms. The molecule has 0 amide bonds. The molecule has 0 aromatic carbocycles. The zero-order chi connectivity index (χ0) is 6.95. The molecular formula is C8H15LiN. The van der Waals surface area contributed by atoms with E-state index in [1.54, 1.807) is 12.2 Å². The Balaban J connectivity index is 0. The minimum atomic E-state index is 0. The van der Waals surface area contributed by atoms with Crippen LogP contribution in [-0.2, 0) is 0 Å². The molecule has 1 fully saturated rings. The van der Waals surface area contributed by atoms with Gasteiger partial charge in [0.1, 0.15) is 0 Å². The number of hydrogen-bond donors (Lipinski definition) is 1. The summed E-state index contributed by atoms with van der Waals surface area (Å²) < 4.78 is 0. The molecule has 0 saturated carbocycles. The normalized spacial score (nSPS) is 14.0. The molecule has 1 aliphatic rings. The van der Waals surface area contributed by atoms with E-state index in [1.807, 2.05) is 0 Å². The Hall–Kier alpha value is 0.0374. The SMILES string of the molecule is C1CCNC1.C=CC=C.[Li]. The fourth-order valence-electron chi connectivity index (χ4n) is 0.625. The second-order valence-electron chi connectivity index (χ2n) is 1.93. The molecule has 0 atom stereocenters. The van der Waals surface area contributed by atoms with Crippen molar-refractivity contribution in [3.05, 3.63) is 25.3 Å². The smallest absolute Gasteiger partial charge is 0 e. The molecule has 0 unspecified atom stereocenters. The van der Waals surface area contributed by atoms with Crippen molar-refractivity contribution in [2.75, 3.05) is 13.1 Å². The average molecular weight is 132 g/mol. The molecule has 10 heavy (non-hydrogen) atoms. The number of allylic oxidation sites excluding steroid dienone is 2. The Labute approximate surface area is 75.8 Å². The van der Waals surface area contributed by atoms with Gasteiger partial charge in [0.25, 0.3) is 0 Å². The van der Waals surface area contributed by atoms with Gasteiger partial charge in [-0.3, -0.25) is 0 Å². The maximum atomic E-state index is 3.36. The summed E-state index contributed by atoms with van der Waals surface area (Å²) in [7, 11) is 0. The maximum Gasteiger partial charge on any atom is 0 e. The van der Waals surface area contributed by atoms with Crippen LogP contribution in [0.3, 0.4) is 0 Å². The molecule has 0 aromatic heterocycles. The van der Waals surface area contributed by atoms with Crippen LogP contribution < -0.4 is 5.32 Å². The van der Waals surface area contributed by atoms with E-state index in [2.05, 4.69) is 18.5 Å². The third-order valence-corrected chi connectivity index (χ3v) is 1.12. The molecule has 0 aromatic rings. The van der Waals surface area contributed by atoms with Crippen LogP contribution in [0.1, 0.15) is 12.8 Å². The van der Waals surface area contributed by atoms with Crippen molar-refractivity contribution in [3.63, 3.8) is 0 Å². The Kier molecular flexibility index (Phi) is 15.0. The topological polar surface area (TPSA) is 12.0 Å². The second-order valence-corrected chi connectivity index (χ2v) is 1.93. The predicted molar refractivity (Wildman–Crippen MR) is 48.3 cm³/mol.